The van der Waals surface area contributed by atoms with E-state index in [0.29, 0.717) is 0 Å². The lowest BCUT2D eigenvalue weighted by Crippen LogP contribution is -1.85. The van der Waals surface area contributed by atoms with Crippen molar-refractivity contribution < 1.29 is 0 Å². The minimum absolute atomic E-state index is 1.29. The quantitative estimate of drug-likeness (QED) is 0.572. The van der Waals surface area contributed by atoms with Crippen molar-refractivity contribution in [2.75, 3.05) is 0 Å². The van der Waals surface area contributed by atoms with Crippen LogP contribution < -0.4 is 0 Å². The fourth-order valence-electron chi connectivity index (χ4n) is 2.37. The Morgan fingerprint density at radius 3 is 1.95 bits per heavy atom. The largest absolute Gasteiger partial charge is 0.134 e. The zero-order valence-electron chi connectivity index (χ0n) is 11.1. The second-order valence-corrected chi connectivity index (χ2v) is 5.58. The van der Waals surface area contributed by atoms with Crippen LogP contribution in [0.4, 0.5) is 0 Å². The molecule has 1 heteroatoms. The predicted molar refractivity (Wildman–Crippen MR) is 83.5 cm³/mol. The van der Waals surface area contributed by atoms with Gasteiger partial charge in [-0.05, 0) is 42.2 Å². The first-order valence-corrected chi connectivity index (χ1v) is 7.21. The number of benzene rings is 2. The van der Waals surface area contributed by atoms with Gasteiger partial charge in [0, 0.05) is 15.8 Å². The summed E-state index contributed by atoms with van der Waals surface area (Å²) in [5, 5.41) is 3.29. The van der Waals surface area contributed by atoms with Gasteiger partial charge in [0.15, 0.2) is 0 Å². The average molecular weight is 263 g/mol. The molecule has 0 bridgehead atoms. The van der Waals surface area contributed by atoms with Crippen molar-refractivity contribution >= 4 is 11.3 Å². The normalized spacial score (nSPS) is 10.6. The second-order valence-electron chi connectivity index (χ2n) is 4.74. The maximum absolute atomic E-state index is 3.29. The summed E-state index contributed by atoms with van der Waals surface area (Å²) in [4.78, 5) is 1.31. The fraction of sp³-hybridized carbons (Fsp3) is 0.111. The lowest BCUT2D eigenvalue weighted by atomic mass is 9.97. The molecule has 0 spiro atoms. The molecular formula is C18H15S. The molecule has 1 aromatic heterocycles. The Bertz CT molecular complexity index is 647. The Morgan fingerprint density at radius 2 is 1.32 bits per heavy atom. The molecule has 0 saturated carbocycles. The number of thiophene rings is 1. The molecule has 93 valence electrons. The van der Waals surface area contributed by atoms with Gasteiger partial charge in [-0.3, -0.25) is 0 Å². The van der Waals surface area contributed by atoms with E-state index in [0.717, 1.165) is 0 Å². The summed E-state index contributed by atoms with van der Waals surface area (Å²) >= 11 is 1.70. The summed E-state index contributed by atoms with van der Waals surface area (Å²) < 4.78 is 0. The number of hydrogen-bond acceptors (Lipinski definition) is 1. The van der Waals surface area contributed by atoms with E-state index in [1.54, 1.807) is 11.3 Å². The number of rotatable bonds is 2. The summed E-state index contributed by atoms with van der Waals surface area (Å²) in [5.41, 5.74) is 6.53. The average Bonchev–Trinajstić information content (AvgIpc) is 2.89. The van der Waals surface area contributed by atoms with Gasteiger partial charge in [-0.2, -0.15) is 0 Å². The molecule has 0 amide bonds. The highest BCUT2D eigenvalue weighted by Gasteiger charge is 2.12. The topological polar surface area (TPSA) is 0 Å². The maximum atomic E-state index is 3.29. The van der Waals surface area contributed by atoms with Gasteiger partial charge in [0.1, 0.15) is 0 Å². The molecule has 3 rings (SSSR count). The van der Waals surface area contributed by atoms with Crippen molar-refractivity contribution in [2.45, 2.75) is 13.8 Å². The van der Waals surface area contributed by atoms with Gasteiger partial charge >= 0.3 is 0 Å². The molecular weight excluding hydrogens is 248 g/mol. The highest BCUT2D eigenvalue weighted by Crippen LogP contribution is 2.38. The fourth-order valence-corrected chi connectivity index (χ4v) is 3.28. The van der Waals surface area contributed by atoms with Crippen LogP contribution in [-0.4, -0.2) is 0 Å². The van der Waals surface area contributed by atoms with E-state index in [4.69, 9.17) is 0 Å². The zero-order valence-corrected chi connectivity index (χ0v) is 11.9. The highest BCUT2D eigenvalue weighted by molar-refractivity contribution is 7.13. The minimum atomic E-state index is 1.29. The van der Waals surface area contributed by atoms with Crippen LogP contribution >= 0.6 is 11.3 Å². The molecule has 1 radical (unpaired) electrons. The molecule has 19 heavy (non-hydrogen) atoms. The molecule has 0 aliphatic rings. The maximum Gasteiger partial charge on any atom is 0.0456 e. The predicted octanol–water partition coefficient (Wildman–Crippen LogP) is 5.50. The van der Waals surface area contributed by atoms with Crippen LogP contribution in [0.3, 0.4) is 0 Å². The molecule has 0 aliphatic heterocycles. The van der Waals surface area contributed by atoms with Crippen molar-refractivity contribution in [1.29, 1.82) is 0 Å². The monoisotopic (exact) mass is 263 g/mol. The molecule has 0 nitrogen and oxygen atoms in total. The number of hydrogen-bond donors (Lipinski definition) is 0. The Balaban J connectivity index is 2.20. The Labute approximate surface area is 118 Å². The van der Waals surface area contributed by atoms with E-state index in [1.165, 1.54) is 32.7 Å². The molecule has 0 aliphatic carbocycles. The number of aryl methyl sites for hydroxylation is 2. The van der Waals surface area contributed by atoms with Crippen molar-refractivity contribution in [3.05, 3.63) is 71.1 Å². The SMILES string of the molecule is Cc1ccccc1-c1c[c]sc1-c1ccccc1C. The lowest BCUT2D eigenvalue weighted by Gasteiger charge is -2.09. The van der Waals surface area contributed by atoms with Crippen LogP contribution in [0.5, 0.6) is 0 Å². The first-order valence-electron chi connectivity index (χ1n) is 6.39. The minimum Gasteiger partial charge on any atom is -0.134 e. The van der Waals surface area contributed by atoms with Gasteiger partial charge in [0.05, 0.1) is 0 Å². The zero-order chi connectivity index (χ0) is 13.2. The molecule has 0 saturated heterocycles. The van der Waals surface area contributed by atoms with Crippen LogP contribution in [0.1, 0.15) is 11.1 Å². The van der Waals surface area contributed by atoms with Crippen LogP contribution in [0.15, 0.2) is 54.6 Å². The Kier molecular flexibility index (Phi) is 3.22. The first-order chi connectivity index (χ1) is 9.27. The molecule has 2 aromatic carbocycles. The Hall–Kier alpha value is -1.86. The van der Waals surface area contributed by atoms with Crippen LogP contribution in [0, 0.1) is 19.2 Å². The van der Waals surface area contributed by atoms with E-state index in [9.17, 15) is 0 Å². The van der Waals surface area contributed by atoms with Crippen LogP contribution in [-0.2, 0) is 0 Å². The van der Waals surface area contributed by atoms with Gasteiger partial charge in [0.2, 0.25) is 0 Å². The van der Waals surface area contributed by atoms with E-state index in [-0.39, 0.29) is 0 Å². The van der Waals surface area contributed by atoms with Crippen molar-refractivity contribution in [3.63, 3.8) is 0 Å². The van der Waals surface area contributed by atoms with E-state index >= 15 is 0 Å². The third-order valence-corrected chi connectivity index (χ3v) is 4.31. The van der Waals surface area contributed by atoms with Crippen molar-refractivity contribution in [1.82, 2.24) is 0 Å². The summed E-state index contributed by atoms with van der Waals surface area (Å²) in [6, 6.07) is 19.2. The molecule has 3 aromatic rings. The van der Waals surface area contributed by atoms with Gasteiger partial charge in [-0.15, -0.1) is 11.3 Å². The third kappa shape index (κ3) is 2.22. The molecule has 0 N–H and O–H groups in total. The summed E-state index contributed by atoms with van der Waals surface area (Å²) in [6.07, 6.45) is 0. The molecule has 0 atom stereocenters. The molecule has 0 fully saturated rings. The smallest absolute Gasteiger partial charge is 0.0456 e. The summed E-state index contributed by atoms with van der Waals surface area (Å²) in [5.74, 6) is 0. The van der Waals surface area contributed by atoms with E-state index < -0.39 is 0 Å². The first kappa shape index (κ1) is 12.2. The summed E-state index contributed by atoms with van der Waals surface area (Å²) in [6.45, 7) is 4.32. The van der Waals surface area contributed by atoms with Gasteiger partial charge in [-0.25, -0.2) is 0 Å². The summed E-state index contributed by atoms with van der Waals surface area (Å²) in [7, 11) is 0. The lowest BCUT2D eigenvalue weighted by molar-refractivity contribution is 1.45. The van der Waals surface area contributed by atoms with Crippen LogP contribution in [0.25, 0.3) is 21.6 Å². The van der Waals surface area contributed by atoms with Crippen LogP contribution in [0.2, 0.25) is 0 Å². The van der Waals surface area contributed by atoms with Gasteiger partial charge in [0.25, 0.3) is 0 Å². The van der Waals surface area contributed by atoms with Gasteiger partial charge < -0.3 is 0 Å². The van der Waals surface area contributed by atoms with E-state index in [1.807, 2.05) is 0 Å². The third-order valence-electron chi connectivity index (χ3n) is 3.43. The van der Waals surface area contributed by atoms with Crippen molar-refractivity contribution in [2.24, 2.45) is 0 Å². The van der Waals surface area contributed by atoms with Crippen molar-refractivity contribution in [3.8, 4) is 21.6 Å². The van der Waals surface area contributed by atoms with E-state index in [2.05, 4.69) is 73.8 Å². The highest BCUT2D eigenvalue weighted by atomic mass is 32.1. The second kappa shape index (κ2) is 5.02. The standard InChI is InChI=1S/C18H15S/c1-13-7-3-5-9-15(13)17-11-12-19-18(17)16-10-6-4-8-14(16)2/h3-11H,1-2H3. The Morgan fingerprint density at radius 1 is 0.737 bits per heavy atom. The molecule has 0 unspecified atom stereocenters. The molecule has 1 heterocycles. The van der Waals surface area contributed by atoms with Gasteiger partial charge in [-0.1, -0.05) is 48.5 Å².